The van der Waals surface area contributed by atoms with Crippen LogP contribution in [0, 0.1) is 6.92 Å². The summed E-state index contributed by atoms with van der Waals surface area (Å²) < 4.78 is 0. The summed E-state index contributed by atoms with van der Waals surface area (Å²) in [5.41, 5.74) is 8.30. The standard InChI is InChI=1S/C17H26N8O/c1-4-8-20-15-7-9-21-17(24-15)22-10-13(25(3)19)16(18)12-5-6-14(26)11(2)23-12/h5-7,9,26H,4,8,10,18-19H2,1-3H3,(H2,20,21,22,24)/b16-13-. The molecule has 0 saturated heterocycles. The van der Waals surface area contributed by atoms with Crippen molar-refractivity contribution in [2.75, 3.05) is 30.8 Å². The van der Waals surface area contributed by atoms with Crippen molar-refractivity contribution in [3.63, 3.8) is 0 Å². The van der Waals surface area contributed by atoms with Gasteiger partial charge in [-0.05, 0) is 31.5 Å². The number of rotatable bonds is 8. The van der Waals surface area contributed by atoms with E-state index in [-0.39, 0.29) is 5.75 Å². The molecule has 0 saturated carbocycles. The van der Waals surface area contributed by atoms with Crippen LogP contribution >= 0.6 is 0 Å². The Bertz CT molecular complexity index is 775. The van der Waals surface area contributed by atoms with Gasteiger partial charge in [-0.2, -0.15) is 4.98 Å². The number of nitrogens with zero attached hydrogens (tertiary/aromatic N) is 4. The largest absolute Gasteiger partial charge is 0.506 e. The van der Waals surface area contributed by atoms with Crippen LogP contribution < -0.4 is 22.2 Å². The van der Waals surface area contributed by atoms with Gasteiger partial charge in [0.1, 0.15) is 11.6 Å². The molecule has 2 heterocycles. The third-order valence-corrected chi connectivity index (χ3v) is 3.70. The predicted molar refractivity (Wildman–Crippen MR) is 103 cm³/mol. The molecule has 0 atom stereocenters. The number of likely N-dealkylation sites (N-methyl/N-ethyl adjacent to an activating group) is 1. The van der Waals surface area contributed by atoms with Crippen LogP contribution in [0.25, 0.3) is 5.70 Å². The van der Waals surface area contributed by atoms with E-state index in [0.29, 0.717) is 35.3 Å². The Morgan fingerprint density at radius 3 is 2.65 bits per heavy atom. The van der Waals surface area contributed by atoms with Gasteiger partial charge < -0.3 is 26.5 Å². The first-order valence-electron chi connectivity index (χ1n) is 8.37. The van der Waals surface area contributed by atoms with E-state index in [0.717, 1.165) is 18.8 Å². The maximum Gasteiger partial charge on any atom is 0.224 e. The number of hydrazine groups is 1. The second-order valence-electron chi connectivity index (χ2n) is 5.82. The fraction of sp³-hybridized carbons (Fsp3) is 0.353. The molecule has 0 spiro atoms. The smallest absolute Gasteiger partial charge is 0.224 e. The van der Waals surface area contributed by atoms with Crippen LogP contribution in [0.15, 0.2) is 30.1 Å². The summed E-state index contributed by atoms with van der Waals surface area (Å²) in [6, 6.07) is 5.01. The van der Waals surface area contributed by atoms with Crippen LogP contribution in [0.4, 0.5) is 11.8 Å². The molecule has 0 radical (unpaired) electrons. The molecule has 7 N–H and O–H groups in total. The van der Waals surface area contributed by atoms with E-state index in [9.17, 15) is 5.11 Å². The molecule has 0 aliphatic rings. The summed E-state index contributed by atoms with van der Waals surface area (Å²) >= 11 is 0. The van der Waals surface area contributed by atoms with Crippen LogP contribution in [0.2, 0.25) is 0 Å². The topological polar surface area (TPSA) is 138 Å². The Morgan fingerprint density at radius 1 is 1.23 bits per heavy atom. The van der Waals surface area contributed by atoms with Crippen molar-refractivity contribution in [3.8, 4) is 5.75 Å². The zero-order valence-corrected chi connectivity index (χ0v) is 15.3. The van der Waals surface area contributed by atoms with Gasteiger partial charge in [0.05, 0.1) is 29.3 Å². The molecule has 0 fully saturated rings. The Labute approximate surface area is 153 Å². The SMILES string of the molecule is CCCNc1ccnc(NC/C(=C(/N)c2ccc(O)c(C)n2)N(C)N)n1. The van der Waals surface area contributed by atoms with Crippen LogP contribution in [0.5, 0.6) is 5.75 Å². The zero-order chi connectivity index (χ0) is 19.1. The lowest BCUT2D eigenvalue weighted by Crippen LogP contribution is -2.32. The van der Waals surface area contributed by atoms with E-state index < -0.39 is 0 Å². The highest BCUT2D eigenvalue weighted by Gasteiger charge is 2.12. The quantitative estimate of drug-likeness (QED) is 0.348. The van der Waals surface area contributed by atoms with Gasteiger partial charge in [-0.25, -0.2) is 15.8 Å². The molecular weight excluding hydrogens is 332 g/mol. The number of nitrogens with one attached hydrogen (secondary N) is 2. The highest BCUT2D eigenvalue weighted by Crippen LogP contribution is 2.19. The van der Waals surface area contributed by atoms with E-state index in [1.807, 2.05) is 6.07 Å². The lowest BCUT2D eigenvalue weighted by Gasteiger charge is -2.20. The van der Waals surface area contributed by atoms with Crippen molar-refractivity contribution in [1.29, 1.82) is 0 Å². The van der Waals surface area contributed by atoms with Crippen molar-refractivity contribution in [3.05, 3.63) is 41.5 Å². The van der Waals surface area contributed by atoms with E-state index in [4.69, 9.17) is 11.6 Å². The molecule has 9 heteroatoms. The maximum absolute atomic E-state index is 9.62. The number of aryl methyl sites for hydroxylation is 1. The number of hydrogen-bond acceptors (Lipinski definition) is 9. The summed E-state index contributed by atoms with van der Waals surface area (Å²) in [6.07, 6.45) is 2.68. The molecule has 26 heavy (non-hydrogen) atoms. The fourth-order valence-electron chi connectivity index (χ4n) is 2.22. The fourth-order valence-corrected chi connectivity index (χ4v) is 2.22. The molecule has 2 aromatic heterocycles. The Balaban J connectivity index is 2.19. The predicted octanol–water partition coefficient (Wildman–Crippen LogP) is 1.25. The molecule has 0 aromatic carbocycles. The Hall–Kier alpha value is -3.07. The van der Waals surface area contributed by atoms with Crippen molar-refractivity contribution in [1.82, 2.24) is 20.0 Å². The Kier molecular flexibility index (Phi) is 6.56. The first-order chi connectivity index (χ1) is 12.4. The number of anilines is 2. The van der Waals surface area contributed by atoms with Crippen LogP contribution in [-0.4, -0.2) is 45.2 Å². The van der Waals surface area contributed by atoms with Gasteiger partial charge in [-0.15, -0.1) is 0 Å². The van der Waals surface area contributed by atoms with E-state index in [2.05, 4.69) is 32.5 Å². The average Bonchev–Trinajstić information content (AvgIpc) is 2.62. The summed E-state index contributed by atoms with van der Waals surface area (Å²) in [4.78, 5) is 12.9. The van der Waals surface area contributed by atoms with Crippen molar-refractivity contribution in [2.45, 2.75) is 20.3 Å². The number of nitrogens with two attached hydrogens (primary N) is 2. The highest BCUT2D eigenvalue weighted by molar-refractivity contribution is 5.64. The monoisotopic (exact) mass is 358 g/mol. The minimum absolute atomic E-state index is 0.118. The third kappa shape index (κ3) is 4.96. The lowest BCUT2D eigenvalue weighted by atomic mass is 10.2. The van der Waals surface area contributed by atoms with Crippen molar-refractivity contribution < 1.29 is 5.11 Å². The van der Waals surface area contributed by atoms with Gasteiger partial charge in [0.15, 0.2) is 0 Å². The average molecular weight is 358 g/mol. The van der Waals surface area contributed by atoms with Crippen molar-refractivity contribution >= 4 is 17.5 Å². The molecule has 0 unspecified atom stereocenters. The second kappa shape index (κ2) is 8.86. The van der Waals surface area contributed by atoms with Crippen LogP contribution in [-0.2, 0) is 0 Å². The van der Waals surface area contributed by atoms with E-state index in [1.165, 1.54) is 5.01 Å². The van der Waals surface area contributed by atoms with Gasteiger partial charge in [-0.1, -0.05) is 6.92 Å². The molecule has 0 amide bonds. The third-order valence-electron chi connectivity index (χ3n) is 3.70. The second-order valence-corrected chi connectivity index (χ2v) is 5.82. The summed E-state index contributed by atoms with van der Waals surface area (Å²) in [6.45, 7) is 4.95. The number of hydrogen-bond donors (Lipinski definition) is 5. The first kappa shape index (κ1) is 19.3. The van der Waals surface area contributed by atoms with Crippen LogP contribution in [0.1, 0.15) is 24.7 Å². The minimum atomic E-state index is 0.118. The molecule has 140 valence electrons. The number of pyridine rings is 1. The molecule has 0 bridgehead atoms. The van der Waals surface area contributed by atoms with E-state index in [1.54, 1.807) is 32.3 Å². The first-order valence-corrected chi connectivity index (χ1v) is 8.37. The van der Waals surface area contributed by atoms with Gasteiger partial charge >= 0.3 is 0 Å². The molecule has 2 aromatic rings. The molecule has 0 aliphatic heterocycles. The molecule has 9 nitrogen and oxygen atoms in total. The van der Waals surface area contributed by atoms with Crippen molar-refractivity contribution in [2.24, 2.45) is 11.6 Å². The molecular formula is C17H26N8O. The van der Waals surface area contributed by atoms with E-state index >= 15 is 0 Å². The minimum Gasteiger partial charge on any atom is -0.506 e. The summed E-state index contributed by atoms with van der Waals surface area (Å²) in [7, 11) is 1.69. The Morgan fingerprint density at radius 2 is 2.00 bits per heavy atom. The number of aromatic nitrogens is 3. The van der Waals surface area contributed by atoms with Gasteiger partial charge in [0.25, 0.3) is 0 Å². The van der Waals surface area contributed by atoms with Crippen LogP contribution in [0.3, 0.4) is 0 Å². The summed E-state index contributed by atoms with van der Waals surface area (Å²) in [5.74, 6) is 7.26. The molecule has 0 aliphatic carbocycles. The number of aromatic hydroxyl groups is 1. The normalized spacial score (nSPS) is 11.7. The zero-order valence-electron chi connectivity index (χ0n) is 15.3. The summed E-state index contributed by atoms with van der Waals surface area (Å²) in [5, 5.41) is 17.4. The van der Waals surface area contributed by atoms with Gasteiger partial charge in [0, 0.05) is 19.8 Å². The van der Waals surface area contributed by atoms with Gasteiger partial charge in [-0.3, -0.25) is 0 Å². The highest BCUT2D eigenvalue weighted by atomic mass is 16.3. The molecule has 2 rings (SSSR count). The van der Waals surface area contributed by atoms with Gasteiger partial charge in [0.2, 0.25) is 5.95 Å². The lowest BCUT2D eigenvalue weighted by molar-refractivity contribution is 0.437. The maximum atomic E-state index is 9.62.